The Bertz CT molecular complexity index is 450. The van der Waals surface area contributed by atoms with Crippen molar-refractivity contribution in [2.45, 2.75) is 19.5 Å². The average Bonchev–Trinajstić information content (AvgIpc) is 2.39. The van der Waals surface area contributed by atoms with Gasteiger partial charge in [0.25, 0.3) is 0 Å². The number of nitrogens with one attached hydrogen (secondary N) is 1. The first-order chi connectivity index (χ1) is 8.25. The molecule has 0 unspecified atom stereocenters. The summed E-state index contributed by atoms with van der Waals surface area (Å²) in [7, 11) is 0. The van der Waals surface area contributed by atoms with E-state index >= 15 is 0 Å². The molecule has 2 aromatic carbocycles. The Hall–Kier alpha value is -1.31. The standard InChI is InChI=1S/C15H16ClN/c1-12(14-5-3-2-4-6-14)17-11-13-7-9-15(16)10-8-13/h2-10,12,17H,11H2,1H3/t12-/m1/s1. The summed E-state index contributed by atoms with van der Waals surface area (Å²) >= 11 is 5.85. The molecule has 0 saturated heterocycles. The fraction of sp³-hybridized carbons (Fsp3) is 0.200. The van der Waals surface area contributed by atoms with Crippen LogP contribution in [0.25, 0.3) is 0 Å². The first kappa shape index (κ1) is 12.2. The zero-order valence-electron chi connectivity index (χ0n) is 9.86. The molecule has 1 atom stereocenters. The Morgan fingerprint density at radius 3 is 2.29 bits per heavy atom. The first-order valence-electron chi connectivity index (χ1n) is 5.78. The fourth-order valence-electron chi connectivity index (χ4n) is 1.73. The van der Waals surface area contributed by atoms with Crippen LogP contribution in [0.15, 0.2) is 54.6 Å². The van der Waals surface area contributed by atoms with Gasteiger partial charge in [-0.15, -0.1) is 0 Å². The van der Waals surface area contributed by atoms with Crippen molar-refractivity contribution >= 4 is 11.6 Å². The van der Waals surface area contributed by atoms with Crippen molar-refractivity contribution in [1.29, 1.82) is 0 Å². The third kappa shape index (κ3) is 3.58. The quantitative estimate of drug-likeness (QED) is 0.852. The van der Waals surface area contributed by atoms with Crippen molar-refractivity contribution in [2.24, 2.45) is 0 Å². The molecule has 88 valence electrons. The van der Waals surface area contributed by atoms with Gasteiger partial charge in [-0.3, -0.25) is 0 Å². The summed E-state index contributed by atoms with van der Waals surface area (Å²) in [4.78, 5) is 0. The predicted molar refractivity (Wildman–Crippen MR) is 73.1 cm³/mol. The Morgan fingerprint density at radius 1 is 1.00 bits per heavy atom. The van der Waals surface area contributed by atoms with E-state index in [1.54, 1.807) is 0 Å². The molecule has 2 heteroatoms. The molecule has 0 aliphatic heterocycles. The molecular weight excluding hydrogens is 230 g/mol. The monoisotopic (exact) mass is 245 g/mol. The van der Waals surface area contributed by atoms with E-state index in [2.05, 4.69) is 36.5 Å². The smallest absolute Gasteiger partial charge is 0.0406 e. The molecule has 0 amide bonds. The van der Waals surface area contributed by atoms with E-state index in [9.17, 15) is 0 Å². The van der Waals surface area contributed by atoms with Crippen molar-refractivity contribution in [3.05, 3.63) is 70.7 Å². The van der Waals surface area contributed by atoms with Gasteiger partial charge in [0.05, 0.1) is 0 Å². The molecule has 0 bridgehead atoms. The molecule has 0 aliphatic rings. The summed E-state index contributed by atoms with van der Waals surface area (Å²) in [6, 6.07) is 18.7. The maximum absolute atomic E-state index is 5.85. The molecule has 0 aromatic heterocycles. The van der Waals surface area contributed by atoms with Crippen LogP contribution in [-0.4, -0.2) is 0 Å². The summed E-state index contributed by atoms with van der Waals surface area (Å²) < 4.78 is 0. The maximum Gasteiger partial charge on any atom is 0.0406 e. The van der Waals surface area contributed by atoms with Crippen LogP contribution in [0, 0.1) is 0 Å². The lowest BCUT2D eigenvalue weighted by atomic mass is 10.1. The van der Waals surface area contributed by atoms with Crippen molar-refractivity contribution in [1.82, 2.24) is 5.32 Å². The van der Waals surface area contributed by atoms with Gasteiger partial charge in [-0.2, -0.15) is 0 Å². The van der Waals surface area contributed by atoms with Crippen LogP contribution in [0.1, 0.15) is 24.1 Å². The molecule has 1 N–H and O–H groups in total. The highest BCUT2D eigenvalue weighted by Gasteiger charge is 2.03. The minimum Gasteiger partial charge on any atom is -0.306 e. The number of hydrogen-bond donors (Lipinski definition) is 1. The second-order valence-electron chi connectivity index (χ2n) is 4.14. The van der Waals surface area contributed by atoms with Crippen LogP contribution in [0.5, 0.6) is 0 Å². The Kier molecular flexibility index (Phi) is 4.18. The van der Waals surface area contributed by atoms with E-state index in [1.807, 2.05) is 30.3 Å². The van der Waals surface area contributed by atoms with Crippen molar-refractivity contribution in [3.63, 3.8) is 0 Å². The van der Waals surface area contributed by atoms with Gasteiger partial charge in [-0.05, 0) is 30.2 Å². The zero-order valence-corrected chi connectivity index (χ0v) is 10.6. The fourth-order valence-corrected chi connectivity index (χ4v) is 1.86. The molecule has 0 heterocycles. The minimum atomic E-state index is 0.354. The van der Waals surface area contributed by atoms with E-state index in [-0.39, 0.29) is 0 Å². The molecule has 0 spiro atoms. The molecular formula is C15H16ClN. The lowest BCUT2D eigenvalue weighted by Gasteiger charge is -2.14. The van der Waals surface area contributed by atoms with Crippen LogP contribution in [0.2, 0.25) is 5.02 Å². The minimum absolute atomic E-state index is 0.354. The first-order valence-corrected chi connectivity index (χ1v) is 6.16. The number of rotatable bonds is 4. The highest BCUT2D eigenvalue weighted by Crippen LogP contribution is 2.13. The summed E-state index contributed by atoms with van der Waals surface area (Å²) in [5.74, 6) is 0. The largest absolute Gasteiger partial charge is 0.306 e. The lowest BCUT2D eigenvalue weighted by Crippen LogP contribution is -2.17. The molecule has 0 radical (unpaired) electrons. The highest BCUT2D eigenvalue weighted by molar-refractivity contribution is 6.30. The molecule has 2 aromatic rings. The van der Waals surface area contributed by atoms with E-state index in [0.29, 0.717) is 6.04 Å². The van der Waals surface area contributed by atoms with Crippen molar-refractivity contribution < 1.29 is 0 Å². The van der Waals surface area contributed by atoms with Gasteiger partial charge in [0.2, 0.25) is 0 Å². The molecule has 1 nitrogen and oxygen atoms in total. The summed E-state index contributed by atoms with van der Waals surface area (Å²) in [5.41, 5.74) is 2.55. The van der Waals surface area contributed by atoms with Crippen LogP contribution in [0.4, 0.5) is 0 Å². The lowest BCUT2D eigenvalue weighted by molar-refractivity contribution is 0.575. The van der Waals surface area contributed by atoms with Gasteiger partial charge < -0.3 is 5.32 Å². The summed E-state index contributed by atoms with van der Waals surface area (Å²) in [5, 5.41) is 4.27. The maximum atomic E-state index is 5.85. The van der Waals surface area contributed by atoms with E-state index in [0.717, 1.165) is 11.6 Å². The van der Waals surface area contributed by atoms with Crippen LogP contribution in [0.3, 0.4) is 0 Å². The van der Waals surface area contributed by atoms with E-state index in [4.69, 9.17) is 11.6 Å². The number of hydrogen-bond acceptors (Lipinski definition) is 1. The van der Waals surface area contributed by atoms with Gasteiger partial charge in [0, 0.05) is 17.6 Å². The third-order valence-electron chi connectivity index (χ3n) is 2.83. The summed E-state index contributed by atoms with van der Waals surface area (Å²) in [6.45, 7) is 3.03. The van der Waals surface area contributed by atoms with Gasteiger partial charge in [0.15, 0.2) is 0 Å². The molecule has 0 fully saturated rings. The van der Waals surface area contributed by atoms with Crippen molar-refractivity contribution in [2.75, 3.05) is 0 Å². The number of benzene rings is 2. The highest BCUT2D eigenvalue weighted by atomic mass is 35.5. The van der Waals surface area contributed by atoms with Gasteiger partial charge >= 0.3 is 0 Å². The SMILES string of the molecule is C[C@@H](NCc1ccc(Cl)cc1)c1ccccc1. The predicted octanol–water partition coefficient (Wildman–Crippen LogP) is 4.19. The topological polar surface area (TPSA) is 12.0 Å². The van der Waals surface area contributed by atoms with Gasteiger partial charge in [-0.25, -0.2) is 0 Å². The van der Waals surface area contributed by atoms with Crippen LogP contribution < -0.4 is 5.32 Å². The number of halogens is 1. The van der Waals surface area contributed by atoms with E-state index in [1.165, 1.54) is 11.1 Å². The molecule has 2 rings (SSSR count). The third-order valence-corrected chi connectivity index (χ3v) is 3.08. The van der Waals surface area contributed by atoms with Crippen LogP contribution in [-0.2, 0) is 6.54 Å². The van der Waals surface area contributed by atoms with Crippen LogP contribution >= 0.6 is 11.6 Å². The summed E-state index contributed by atoms with van der Waals surface area (Å²) in [6.07, 6.45) is 0. The Morgan fingerprint density at radius 2 is 1.65 bits per heavy atom. The second-order valence-corrected chi connectivity index (χ2v) is 4.58. The van der Waals surface area contributed by atoms with E-state index < -0.39 is 0 Å². The normalized spacial score (nSPS) is 12.4. The van der Waals surface area contributed by atoms with Gasteiger partial charge in [-0.1, -0.05) is 54.1 Å². The molecule has 0 aliphatic carbocycles. The molecule has 0 saturated carbocycles. The van der Waals surface area contributed by atoms with Crippen molar-refractivity contribution in [3.8, 4) is 0 Å². The molecule has 17 heavy (non-hydrogen) atoms. The van der Waals surface area contributed by atoms with Gasteiger partial charge in [0.1, 0.15) is 0 Å². The Balaban J connectivity index is 1.92. The second kappa shape index (κ2) is 5.85. The Labute approximate surface area is 107 Å². The average molecular weight is 246 g/mol. The zero-order chi connectivity index (χ0) is 12.1.